The fourth-order valence-electron chi connectivity index (χ4n) is 2.42. The van der Waals surface area contributed by atoms with Gasteiger partial charge in [0.05, 0.1) is 17.0 Å². The molecule has 5 nitrogen and oxygen atoms in total. The summed E-state index contributed by atoms with van der Waals surface area (Å²) in [6.07, 6.45) is 1.82. The summed E-state index contributed by atoms with van der Waals surface area (Å²) in [7, 11) is -3.64. The number of thioether (sulfide) groups is 1. The number of halogens is 2. The van der Waals surface area contributed by atoms with Crippen molar-refractivity contribution in [1.29, 1.82) is 0 Å². The van der Waals surface area contributed by atoms with Crippen LogP contribution in [0.2, 0.25) is 10.0 Å². The van der Waals surface area contributed by atoms with Crippen LogP contribution in [0.5, 0.6) is 0 Å². The molecule has 2 aromatic rings. The van der Waals surface area contributed by atoms with Gasteiger partial charge in [-0.05, 0) is 35.9 Å². The molecule has 0 heterocycles. The molecular formula is C19H22Cl2N2O3S2. The molecule has 0 radical (unpaired) electrons. The number of amides is 1. The number of sulfonamides is 1. The predicted octanol–water partition coefficient (Wildman–Crippen LogP) is 4.20. The number of nitrogens with one attached hydrogen (secondary N) is 1. The van der Waals surface area contributed by atoms with E-state index in [-0.39, 0.29) is 23.2 Å². The Hall–Kier alpha value is -1.41. The first-order valence-corrected chi connectivity index (χ1v) is 12.3. The first-order valence-electron chi connectivity index (χ1n) is 8.59. The lowest BCUT2D eigenvalue weighted by molar-refractivity contribution is -0.119. The van der Waals surface area contributed by atoms with E-state index < -0.39 is 10.0 Å². The second-order valence-electron chi connectivity index (χ2n) is 6.07. The van der Waals surface area contributed by atoms with Gasteiger partial charge in [-0.15, -0.1) is 0 Å². The fraction of sp³-hybridized carbons (Fsp3) is 0.316. The number of anilines is 1. The Labute approximate surface area is 180 Å². The lowest BCUT2D eigenvalue weighted by Gasteiger charge is -2.22. The maximum absolute atomic E-state index is 12.2. The van der Waals surface area contributed by atoms with Crippen LogP contribution in [-0.2, 0) is 20.6 Å². The number of carbonyl (C=O) groups is 1. The Kier molecular flexibility index (Phi) is 8.95. The summed E-state index contributed by atoms with van der Waals surface area (Å²) >= 11 is 13.9. The van der Waals surface area contributed by atoms with Crippen LogP contribution in [0.25, 0.3) is 0 Å². The van der Waals surface area contributed by atoms with Crippen molar-refractivity contribution in [1.82, 2.24) is 5.32 Å². The quantitative estimate of drug-likeness (QED) is 0.539. The summed E-state index contributed by atoms with van der Waals surface area (Å²) in [4.78, 5) is 12.2. The summed E-state index contributed by atoms with van der Waals surface area (Å²) in [5.41, 5.74) is 1.37. The molecule has 2 aromatic carbocycles. The van der Waals surface area contributed by atoms with E-state index in [4.69, 9.17) is 23.2 Å². The van der Waals surface area contributed by atoms with E-state index in [1.165, 1.54) is 0 Å². The van der Waals surface area contributed by atoms with Gasteiger partial charge in [-0.1, -0.05) is 53.5 Å². The molecule has 0 unspecified atom stereocenters. The third-order valence-corrected chi connectivity index (χ3v) is 6.72. The molecule has 28 heavy (non-hydrogen) atoms. The maximum Gasteiger partial charge on any atom is 0.240 e. The van der Waals surface area contributed by atoms with Crippen LogP contribution >= 0.6 is 35.0 Å². The second-order valence-corrected chi connectivity index (χ2v) is 9.89. The van der Waals surface area contributed by atoms with Crippen LogP contribution in [0.3, 0.4) is 0 Å². The Morgan fingerprint density at radius 3 is 2.36 bits per heavy atom. The Morgan fingerprint density at radius 1 is 1.07 bits per heavy atom. The van der Waals surface area contributed by atoms with Gasteiger partial charge in [0, 0.05) is 17.3 Å². The monoisotopic (exact) mass is 460 g/mol. The molecular weight excluding hydrogens is 439 g/mol. The molecule has 0 aliphatic carbocycles. The minimum absolute atomic E-state index is 0.275. The Bertz CT molecular complexity index is 908. The molecule has 1 N–H and O–H groups in total. The summed E-state index contributed by atoms with van der Waals surface area (Å²) in [5.74, 6) is 1.29. The number of carbonyl (C=O) groups excluding carboxylic acids is 1. The van der Waals surface area contributed by atoms with Crippen LogP contribution < -0.4 is 9.62 Å². The van der Waals surface area contributed by atoms with E-state index in [9.17, 15) is 13.2 Å². The molecule has 0 saturated heterocycles. The van der Waals surface area contributed by atoms with Crippen LogP contribution in [-0.4, -0.2) is 39.4 Å². The van der Waals surface area contributed by atoms with Crippen molar-refractivity contribution in [2.75, 3.05) is 29.4 Å². The van der Waals surface area contributed by atoms with Crippen LogP contribution in [0.15, 0.2) is 48.5 Å². The van der Waals surface area contributed by atoms with Crippen LogP contribution in [0.4, 0.5) is 5.69 Å². The molecule has 1 amide bonds. The predicted molar refractivity (Wildman–Crippen MR) is 119 cm³/mol. The smallest absolute Gasteiger partial charge is 0.240 e. The third-order valence-electron chi connectivity index (χ3n) is 3.81. The van der Waals surface area contributed by atoms with Crippen molar-refractivity contribution in [3.8, 4) is 0 Å². The number of hydrogen-bond donors (Lipinski definition) is 1. The molecule has 0 bridgehead atoms. The molecule has 2 rings (SSSR count). The van der Waals surface area contributed by atoms with Gasteiger partial charge >= 0.3 is 0 Å². The molecule has 0 spiro atoms. The highest BCUT2D eigenvalue weighted by molar-refractivity contribution is 7.98. The average molecular weight is 461 g/mol. The van der Waals surface area contributed by atoms with Crippen molar-refractivity contribution in [3.05, 3.63) is 64.1 Å². The van der Waals surface area contributed by atoms with Gasteiger partial charge in [-0.3, -0.25) is 9.10 Å². The molecule has 152 valence electrons. The summed E-state index contributed by atoms with van der Waals surface area (Å²) in [6.45, 7) is 0.157. The van der Waals surface area contributed by atoms with Crippen molar-refractivity contribution in [3.63, 3.8) is 0 Å². The Balaban J connectivity index is 1.77. The number of hydrogen-bond acceptors (Lipinski definition) is 4. The van der Waals surface area contributed by atoms with Gasteiger partial charge in [0.15, 0.2) is 0 Å². The molecule has 0 aliphatic heterocycles. The highest BCUT2D eigenvalue weighted by atomic mass is 35.5. The SMILES string of the molecule is CS(=O)(=O)N(CC(=O)NCCCSCc1ccccc1Cl)c1ccccc1Cl. The number of para-hydroxylation sites is 1. The third kappa shape index (κ3) is 7.20. The van der Waals surface area contributed by atoms with E-state index in [0.717, 1.165) is 39.1 Å². The topological polar surface area (TPSA) is 66.5 Å². The summed E-state index contributed by atoms with van der Waals surface area (Å²) in [5, 5.41) is 3.79. The summed E-state index contributed by atoms with van der Waals surface area (Å²) < 4.78 is 25.2. The van der Waals surface area contributed by atoms with Crippen LogP contribution in [0.1, 0.15) is 12.0 Å². The summed E-state index contributed by atoms with van der Waals surface area (Å²) in [6, 6.07) is 14.2. The van der Waals surface area contributed by atoms with E-state index in [2.05, 4.69) is 5.32 Å². The zero-order chi connectivity index (χ0) is 20.6. The van der Waals surface area contributed by atoms with E-state index in [1.54, 1.807) is 36.0 Å². The second kappa shape index (κ2) is 11.0. The van der Waals surface area contributed by atoms with Crippen molar-refractivity contribution in [2.24, 2.45) is 0 Å². The van der Waals surface area contributed by atoms with Crippen LogP contribution in [0, 0.1) is 0 Å². The van der Waals surface area contributed by atoms with Gasteiger partial charge < -0.3 is 5.32 Å². The van der Waals surface area contributed by atoms with E-state index >= 15 is 0 Å². The van der Waals surface area contributed by atoms with Crippen molar-refractivity contribution in [2.45, 2.75) is 12.2 Å². The number of nitrogens with zero attached hydrogens (tertiary/aromatic N) is 1. The average Bonchev–Trinajstić information content (AvgIpc) is 2.64. The lowest BCUT2D eigenvalue weighted by atomic mass is 10.2. The highest BCUT2D eigenvalue weighted by Gasteiger charge is 2.22. The largest absolute Gasteiger partial charge is 0.354 e. The van der Waals surface area contributed by atoms with Gasteiger partial charge in [-0.2, -0.15) is 11.8 Å². The zero-order valence-electron chi connectivity index (χ0n) is 15.4. The molecule has 9 heteroatoms. The van der Waals surface area contributed by atoms with Crippen molar-refractivity contribution >= 4 is 56.6 Å². The fourth-order valence-corrected chi connectivity index (χ4v) is 4.82. The van der Waals surface area contributed by atoms with Gasteiger partial charge in [0.2, 0.25) is 15.9 Å². The van der Waals surface area contributed by atoms with E-state index in [1.807, 2.05) is 24.3 Å². The van der Waals surface area contributed by atoms with Gasteiger partial charge in [0.1, 0.15) is 6.54 Å². The standard InChI is InChI=1S/C19H22Cl2N2O3S2/c1-28(25,26)23(18-10-5-4-9-17(18)21)13-19(24)22-11-6-12-27-14-15-7-2-3-8-16(15)20/h2-5,7-10H,6,11-14H2,1H3,(H,22,24). The molecule has 0 fully saturated rings. The number of benzene rings is 2. The minimum Gasteiger partial charge on any atom is -0.354 e. The minimum atomic E-state index is -3.64. The normalized spacial score (nSPS) is 11.2. The molecule has 0 aromatic heterocycles. The first-order chi connectivity index (χ1) is 13.3. The first kappa shape index (κ1) is 22.9. The molecule has 0 saturated carbocycles. The number of rotatable bonds is 10. The zero-order valence-corrected chi connectivity index (χ0v) is 18.5. The van der Waals surface area contributed by atoms with E-state index in [0.29, 0.717) is 6.54 Å². The molecule has 0 atom stereocenters. The maximum atomic E-state index is 12.2. The Morgan fingerprint density at radius 2 is 1.71 bits per heavy atom. The molecule has 0 aliphatic rings. The van der Waals surface area contributed by atoms with Gasteiger partial charge in [0.25, 0.3) is 0 Å². The lowest BCUT2D eigenvalue weighted by Crippen LogP contribution is -2.40. The van der Waals surface area contributed by atoms with Crippen molar-refractivity contribution < 1.29 is 13.2 Å². The van der Waals surface area contributed by atoms with Gasteiger partial charge in [-0.25, -0.2) is 8.42 Å². The highest BCUT2D eigenvalue weighted by Crippen LogP contribution is 2.26.